The molecule has 0 atom stereocenters. The van der Waals surface area contributed by atoms with Crippen LogP contribution in [0.3, 0.4) is 0 Å². The number of fused-ring (bicyclic) bond motifs is 1. The smallest absolute Gasteiger partial charge is 0.128 e. The summed E-state index contributed by atoms with van der Waals surface area (Å²) in [5, 5.41) is 22.0. The van der Waals surface area contributed by atoms with Crippen LogP contribution in [0.5, 0.6) is 0 Å². The SMILES string of the molecule is Cc1nc2cc(NCc3ccccc3F)ccc2n1C(CO)CO. The Bertz CT molecular complexity index is 843. The van der Waals surface area contributed by atoms with Crippen molar-refractivity contribution in [3.05, 3.63) is 59.7 Å². The molecule has 3 aromatic rings. The number of hydrogen-bond acceptors (Lipinski definition) is 4. The molecule has 0 radical (unpaired) electrons. The van der Waals surface area contributed by atoms with Crippen molar-refractivity contribution in [2.75, 3.05) is 18.5 Å². The number of aliphatic hydroxyl groups excluding tert-OH is 2. The van der Waals surface area contributed by atoms with Crippen molar-refractivity contribution in [2.24, 2.45) is 0 Å². The molecule has 0 fully saturated rings. The molecular formula is C18H20FN3O2. The second-order valence-corrected chi connectivity index (χ2v) is 5.70. The second kappa shape index (κ2) is 6.98. The molecule has 0 aliphatic carbocycles. The Kier molecular flexibility index (Phi) is 4.78. The Morgan fingerprint density at radius 3 is 2.62 bits per heavy atom. The van der Waals surface area contributed by atoms with Crippen molar-refractivity contribution in [2.45, 2.75) is 19.5 Å². The Hall–Kier alpha value is -2.44. The molecule has 2 aromatic carbocycles. The van der Waals surface area contributed by atoms with Crippen LogP contribution < -0.4 is 5.32 Å². The number of aliphatic hydroxyl groups is 2. The minimum absolute atomic E-state index is 0.157. The largest absolute Gasteiger partial charge is 0.394 e. The quantitative estimate of drug-likeness (QED) is 0.650. The van der Waals surface area contributed by atoms with E-state index in [1.807, 2.05) is 29.7 Å². The molecule has 3 N–H and O–H groups in total. The highest BCUT2D eigenvalue weighted by atomic mass is 19.1. The first-order valence-corrected chi connectivity index (χ1v) is 7.81. The van der Waals surface area contributed by atoms with E-state index >= 15 is 0 Å². The molecule has 0 saturated carbocycles. The molecule has 1 heterocycles. The van der Waals surface area contributed by atoms with E-state index in [1.165, 1.54) is 6.07 Å². The van der Waals surface area contributed by atoms with Gasteiger partial charge in [-0.1, -0.05) is 18.2 Å². The number of benzene rings is 2. The summed E-state index contributed by atoms with van der Waals surface area (Å²) in [6.07, 6.45) is 0. The Labute approximate surface area is 139 Å². The summed E-state index contributed by atoms with van der Waals surface area (Å²) in [6, 6.07) is 11.9. The van der Waals surface area contributed by atoms with Crippen molar-refractivity contribution in [3.63, 3.8) is 0 Å². The van der Waals surface area contributed by atoms with Gasteiger partial charge in [0.05, 0.1) is 30.3 Å². The van der Waals surface area contributed by atoms with Gasteiger partial charge in [-0.2, -0.15) is 0 Å². The van der Waals surface area contributed by atoms with Crippen molar-refractivity contribution in [3.8, 4) is 0 Å². The molecule has 0 spiro atoms. The number of anilines is 1. The van der Waals surface area contributed by atoms with Gasteiger partial charge in [-0.15, -0.1) is 0 Å². The topological polar surface area (TPSA) is 70.3 Å². The fourth-order valence-corrected chi connectivity index (χ4v) is 2.85. The summed E-state index contributed by atoms with van der Waals surface area (Å²) in [4.78, 5) is 4.49. The number of rotatable bonds is 6. The van der Waals surface area contributed by atoms with Gasteiger partial charge >= 0.3 is 0 Å². The molecule has 0 saturated heterocycles. The van der Waals surface area contributed by atoms with Gasteiger partial charge in [0.25, 0.3) is 0 Å². The van der Waals surface area contributed by atoms with E-state index in [1.54, 1.807) is 18.2 Å². The van der Waals surface area contributed by atoms with E-state index in [0.717, 1.165) is 22.5 Å². The average Bonchev–Trinajstić information content (AvgIpc) is 2.91. The zero-order valence-corrected chi connectivity index (χ0v) is 13.4. The van der Waals surface area contributed by atoms with E-state index in [4.69, 9.17) is 0 Å². The monoisotopic (exact) mass is 329 g/mol. The normalized spacial score (nSPS) is 11.4. The Balaban J connectivity index is 1.86. The molecule has 3 rings (SSSR count). The summed E-state index contributed by atoms with van der Waals surface area (Å²) in [6.45, 7) is 1.91. The fraction of sp³-hybridized carbons (Fsp3) is 0.278. The number of aromatic nitrogens is 2. The van der Waals surface area contributed by atoms with Gasteiger partial charge in [-0.25, -0.2) is 9.37 Å². The maximum atomic E-state index is 13.7. The Morgan fingerprint density at radius 2 is 1.92 bits per heavy atom. The predicted molar refractivity (Wildman–Crippen MR) is 91.4 cm³/mol. The summed E-state index contributed by atoms with van der Waals surface area (Å²) >= 11 is 0. The first kappa shape index (κ1) is 16.4. The highest BCUT2D eigenvalue weighted by molar-refractivity contribution is 5.80. The number of hydrogen-bond donors (Lipinski definition) is 3. The fourth-order valence-electron chi connectivity index (χ4n) is 2.85. The molecule has 1 aromatic heterocycles. The molecule has 5 nitrogen and oxygen atoms in total. The highest BCUT2D eigenvalue weighted by Crippen LogP contribution is 2.24. The molecule has 126 valence electrons. The molecule has 0 amide bonds. The zero-order chi connectivity index (χ0) is 17.1. The first-order chi connectivity index (χ1) is 11.6. The predicted octanol–water partition coefficient (Wildman–Crippen LogP) is 2.62. The number of aryl methyl sites for hydroxylation is 1. The van der Waals surface area contributed by atoms with Gasteiger partial charge in [-0.3, -0.25) is 0 Å². The minimum Gasteiger partial charge on any atom is -0.394 e. The third kappa shape index (κ3) is 3.11. The first-order valence-electron chi connectivity index (χ1n) is 7.81. The number of halogens is 1. The van der Waals surface area contributed by atoms with Crippen molar-refractivity contribution in [1.82, 2.24) is 9.55 Å². The van der Waals surface area contributed by atoms with E-state index < -0.39 is 6.04 Å². The number of imidazole rings is 1. The molecule has 6 heteroatoms. The molecule has 0 aliphatic heterocycles. The lowest BCUT2D eigenvalue weighted by Gasteiger charge is -2.16. The van der Waals surface area contributed by atoms with Crippen molar-refractivity contribution in [1.29, 1.82) is 0 Å². The van der Waals surface area contributed by atoms with Gasteiger partial charge < -0.3 is 20.1 Å². The third-order valence-corrected chi connectivity index (χ3v) is 4.09. The lowest BCUT2D eigenvalue weighted by Crippen LogP contribution is -2.18. The number of nitrogens with one attached hydrogen (secondary N) is 1. The third-order valence-electron chi connectivity index (χ3n) is 4.09. The summed E-state index contributed by atoms with van der Waals surface area (Å²) in [5.74, 6) is 0.490. The zero-order valence-electron chi connectivity index (χ0n) is 13.4. The summed E-state index contributed by atoms with van der Waals surface area (Å²) < 4.78 is 15.5. The van der Waals surface area contributed by atoms with E-state index in [9.17, 15) is 14.6 Å². The summed E-state index contributed by atoms with van der Waals surface area (Å²) in [7, 11) is 0. The van der Waals surface area contributed by atoms with E-state index in [-0.39, 0.29) is 19.0 Å². The molecule has 0 aliphatic rings. The Morgan fingerprint density at radius 1 is 1.17 bits per heavy atom. The van der Waals surface area contributed by atoms with Crippen molar-refractivity contribution >= 4 is 16.7 Å². The van der Waals surface area contributed by atoms with Crippen LogP contribution in [0, 0.1) is 12.7 Å². The summed E-state index contributed by atoms with van der Waals surface area (Å²) in [5.41, 5.74) is 3.04. The lowest BCUT2D eigenvalue weighted by molar-refractivity contribution is 0.155. The number of nitrogens with zero attached hydrogens (tertiary/aromatic N) is 2. The van der Waals surface area contributed by atoms with Crippen LogP contribution in [0.2, 0.25) is 0 Å². The van der Waals surface area contributed by atoms with Gasteiger partial charge in [0.1, 0.15) is 11.6 Å². The second-order valence-electron chi connectivity index (χ2n) is 5.70. The molecular weight excluding hydrogens is 309 g/mol. The molecule has 0 unspecified atom stereocenters. The van der Waals surface area contributed by atoms with Crippen LogP contribution in [-0.4, -0.2) is 33.0 Å². The van der Waals surface area contributed by atoms with E-state index in [0.29, 0.717) is 12.1 Å². The van der Waals surface area contributed by atoms with E-state index in [2.05, 4.69) is 10.3 Å². The van der Waals surface area contributed by atoms with Crippen LogP contribution in [0.15, 0.2) is 42.5 Å². The average molecular weight is 329 g/mol. The highest BCUT2D eigenvalue weighted by Gasteiger charge is 2.16. The van der Waals surface area contributed by atoms with Crippen LogP contribution >= 0.6 is 0 Å². The standard InChI is InChI=1S/C18H20FN3O2/c1-12-21-17-8-14(20-9-13-4-2-3-5-16(13)19)6-7-18(17)22(12)15(10-23)11-24/h2-8,15,20,23-24H,9-11H2,1H3. The maximum Gasteiger partial charge on any atom is 0.128 e. The maximum absolute atomic E-state index is 13.7. The van der Waals surface area contributed by atoms with Crippen LogP contribution in [0.4, 0.5) is 10.1 Å². The van der Waals surface area contributed by atoms with Crippen LogP contribution in [0.25, 0.3) is 11.0 Å². The van der Waals surface area contributed by atoms with Gasteiger partial charge in [0, 0.05) is 17.8 Å². The van der Waals surface area contributed by atoms with Gasteiger partial charge in [0.2, 0.25) is 0 Å². The van der Waals surface area contributed by atoms with Crippen LogP contribution in [-0.2, 0) is 6.54 Å². The molecule has 24 heavy (non-hydrogen) atoms. The molecule has 0 bridgehead atoms. The van der Waals surface area contributed by atoms with Crippen LogP contribution in [0.1, 0.15) is 17.4 Å². The van der Waals surface area contributed by atoms with Gasteiger partial charge in [0.15, 0.2) is 0 Å². The lowest BCUT2D eigenvalue weighted by atomic mass is 10.2. The van der Waals surface area contributed by atoms with Crippen molar-refractivity contribution < 1.29 is 14.6 Å². The van der Waals surface area contributed by atoms with Gasteiger partial charge in [-0.05, 0) is 31.2 Å². The minimum atomic E-state index is -0.410.